The van der Waals surface area contributed by atoms with Crippen LogP contribution in [-0.4, -0.2) is 113 Å². The zero-order valence-electron chi connectivity index (χ0n) is 24.7. The van der Waals surface area contributed by atoms with Gasteiger partial charge < -0.3 is 0 Å². The van der Waals surface area contributed by atoms with Gasteiger partial charge in [0.05, 0.1) is 0 Å². The molecule has 21 heteroatoms. The Hall–Kier alpha value is -2.04. The third-order valence-electron chi connectivity index (χ3n) is 6.20. The zero-order chi connectivity index (χ0) is 32.6. The van der Waals surface area contributed by atoms with Crippen LogP contribution in [0.15, 0.2) is 48.5 Å². The molecule has 3 aromatic carbocycles. The summed E-state index contributed by atoms with van der Waals surface area (Å²) in [6.45, 7) is -0.259. The van der Waals surface area contributed by atoms with E-state index in [-0.39, 0.29) is 112 Å². The number of benzene rings is 3. The van der Waals surface area contributed by atoms with Crippen LogP contribution in [0.1, 0.15) is 26.3 Å². The summed E-state index contributed by atoms with van der Waals surface area (Å²) in [5.41, 5.74) is -0.0540. The van der Waals surface area contributed by atoms with Crippen molar-refractivity contribution in [1.29, 1.82) is 0 Å². The van der Waals surface area contributed by atoms with Crippen LogP contribution in [-0.2, 0) is 28.5 Å². The summed E-state index contributed by atoms with van der Waals surface area (Å²) < 4.78 is 20.3. The van der Waals surface area contributed by atoms with Gasteiger partial charge in [0.2, 0.25) is 0 Å². The van der Waals surface area contributed by atoms with Crippen molar-refractivity contribution in [2.24, 2.45) is 0 Å². The number of carboxylic acids is 1. The fourth-order valence-electron chi connectivity index (χ4n) is 4.30. The predicted octanol–water partition coefficient (Wildman–Crippen LogP) is 2.50. The van der Waals surface area contributed by atoms with E-state index in [9.17, 15) is 34.9 Å². The number of hydrogen-bond acceptors (Lipinski definition) is 13. The quantitative estimate of drug-likeness (QED) is 0.0794. The van der Waals surface area contributed by atoms with Crippen molar-refractivity contribution in [2.75, 3.05) is 25.7 Å². The molecule has 1 atom stereocenters. The summed E-state index contributed by atoms with van der Waals surface area (Å²) in [5.74, 6) is -1.56. The molecule has 2 N–H and O–H groups in total. The molecular weight excluding hydrogens is 1070 g/mol. The number of thiol groups is 2. The van der Waals surface area contributed by atoms with Crippen molar-refractivity contribution in [3.05, 3.63) is 85.4 Å². The molecule has 3 aromatic rings. The Morgan fingerprint density at radius 3 is 1.80 bits per heavy atom. The summed E-state index contributed by atoms with van der Waals surface area (Å²) in [6.07, 6.45) is 0.475. The van der Waals surface area contributed by atoms with Crippen molar-refractivity contribution in [1.82, 2.24) is 0 Å². The SMILES string of the molecule is COc1cc(C(=O)N2c3ccccc3C[C@H]2CO)c([N+](=O)[O-])cc1O[SH-]#P.COc1cc(C(=O)O)c([N+](=O)[O-])cc1O[SH-]#P.[TlH2].[TlH2]. The van der Waals surface area contributed by atoms with E-state index in [2.05, 4.69) is 15.6 Å². The molecule has 0 aliphatic carbocycles. The van der Waals surface area contributed by atoms with Gasteiger partial charge >= 0.3 is 315 Å². The molecule has 0 bridgehead atoms. The number of aliphatic hydroxyl groups excluding tert-OH is 1. The minimum absolute atomic E-state index is 0. The number of aromatic carboxylic acids is 1. The summed E-state index contributed by atoms with van der Waals surface area (Å²) >= 11 is 0.441. The van der Waals surface area contributed by atoms with E-state index in [4.69, 9.17) is 22.9 Å². The normalized spacial score (nSPS) is 12.5. The van der Waals surface area contributed by atoms with Gasteiger partial charge in [-0.2, -0.15) is 0 Å². The fraction of sp³-hybridized carbons (Fsp3) is 0.200. The van der Waals surface area contributed by atoms with Crippen LogP contribution >= 0.6 is 15.6 Å². The van der Waals surface area contributed by atoms with Crippen LogP contribution in [0.5, 0.6) is 23.0 Å². The first-order valence-electron chi connectivity index (χ1n) is 12.0. The number of methoxy groups -OCH3 is 2. The number of nitrogens with zero attached hydrogens (tertiary/aromatic N) is 3. The van der Waals surface area contributed by atoms with Gasteiger partial charge in [-0.05, 0) is 0 Å². The molecule has 0 unspecified atom stereocenters. The number of carboxylic acid groups (broad SMARTS) is 1. The van der Waals surface area contributed by atoms with E-state index in [0.29, 0.717) is 12.1 Å². The maximum absolute atomic E-state index is 13.2. The standard InChI is InChI=1S/C17H16N2O6PS.C8H7NO6PS.2Tl.4H/c1-24-15-7-12(14(19(22)23)8-16(15)25-27-26)17(21)18-11(9-20)6-10-4-2-3-5-13(10)18;1-14-6-2-4(8(10)11)5(9(12)13)3-7(6)15-17-16;;;;;;/h2-5,7-8,11,20,27H,6,9H2,1H3;2-3,17H,1H3,(H,10,11);;;;;;/q2*-1;;;;;;/t11-;;;;;;;/m0......./s1. The van der Waals surface area contributed by atoms with Crippen LogP contribution in [0.3, 0.4) is 0 Å². The predicted molar refractivity (Wildman–Crippen MR) is 184 cm³/mol. The Morgan fingerprint density at radius 1 is 0.891 bits per heavy atom. The second-order valence-electron chi connectivity index (χ2n) is 8.55. The Kier molecular flexibility index (Phi) is 18.0. The second kappa shape index (κ2) is 19.7. The first kappa shape index (κ1) is 42.0. The molecular formula is C25H27N3O12P2S2Tl2-2. The number of anilines is 1. The van der Waals surface area contributed by atoms with Gasteiger partial charge in [-0.15, -0.1) is 0 Å². The Morgan fingerprint density at radius 2 is 1.37 bits per heavy atom. The molecule has 0 spiro atoms. The number of aliphatic hydroxyl groups is 1. The van der Waals surface area contributed by atoms with Gasteiger partial charge in [0, 0.05) is 0 Å². The average molecular weight is 1100 g/mol. The van der Waals surface area contributed by atoms with Crippen LogP contribution in [0.25, 0.3) is 0 Å². The van der Waals surface area contributed by atoms with Crippen LogP contribution in [0.2, 0.25) is 0 Å². The summed E-state index contributed by atoms with van der Waals surface area (Å²) in [7, 11) is 10.4. The van der Waals surface area contributed by atoms with E-state index in [0.717, 1.165) is 23.8 Å². The monoisotopic (exact) mass is 1100 g/mol. The molecule has 2 radical (unpaired) electrons. The first-order valence-corrected chi connectivity index (χ1v) is 16.0. The van der Waals surface area contributed by atoms with Crippen LogP contribution < -0.4 is 22.7 Å². The average Bonchev–Trinajstić information content (AvgIpc) is 3.39. The van der Waals surface area contributed by atoms with Gasteiger partial charge in [-0.3, -0.25) is 0 Å². The van der Waals surface area contributed by atoms with E-state index in [1.54, 1.807) is 12.1 Å². The van der Waals surface area contributed by atoms with Crippen molar-refractivity contribution in [2.45, 2.75) is 12.5 Å². The number of fused-ring (bicyclic) bond motifs is 1. The number of amides is 1. The third kappa shape index (κ3) is 9.75. The van der Waals surface area contributed by atoms with Gasteiger partial charge in [0.15, 0.2) is 0 Å². The number of hydrogen-bond donors (Lipinski definition) is 2. The Balaban J connectivity index is 0.000000486. The van der Waals surface area contributed by atoms with Crippen LogP contribution in [0, 0.1) is 20.2 Å². The molecule has 15 nitrogen and oxygen atoms in total. The van der Waals surface area contributed by atoms with Gasteiger partial charge in [0.25, 0.3) is 0 Å². The molecule has 1 aliphatic rings. The zero-order valence-corrected chi connectivity index (χ0v) is 43.8. The molecule has 1 heterocycles. The third-order valence-corrected chi connectivity index (χ3v) is 7.24. The molecule has 1 aliphatic heterocycles. The number of rotatable bonds is 9. The van der Waals surface area contributed by atoms with Crippen molar-refractivity contribution < 1.29 is 47.5 Å². The summed E-state index contributed by atoms with van der Waals surface area (Å²) in [4.78, 5) is 46.3. The number of ether oxygens (including phenoxy) is 2. The molecule has 244 valence electrons. The molecule has 0 fully saturated rings. The topological polar surface area (TPSA) is 201 Å². The molecule has 0 saturated heterocycles. The number of para-hydroxylation sites is 1. The Bertz CT molecular complexity index is 1740. The number of nitro benzene ring substituents is 2. The molecule has 0 aromatic heterocycles. The minimum atomic E-state index is -1.41. The first-order chi connectivity index (χ1) is 21.0. The number of nitro groups is 2. The number of carbonyl (C=O) groups excluding carboxylic acids is 1. The van der Waals surface area contributed by atoms with Crippen molar-refractivity contribution in [3.63, 3.8) is 0 Å². The fourth-order valence-corrected chi connectivity index (χ4v) is 5.29. The van der Waals surface area contributed by atoms with E-state index in [1.165, 1.54) is 25.2 Å². The van der Waals surface area contributed by atoms with E-state index < -0.39 is 44.7 Å². The van der Waals surface area contributed by atoms with Crippen molar-refractivity contribution in [3.8, 4) is 23.0 Å². The maximum atomic E-state index is 13.2. The number of carbonyl (C=O) groups is 2. The molecule has 0 saturated carbocycles. The van der Waals surface area contributed by atoms with Gasteiger partial charge in [-0.25, -0.2) is 0 Å². The Labute approximate surface area is 312 Å². The van der Waals surface area contributed by atoms with Crippen molar-refractivity contribution >= 4 is 121 Å². The van der Waals surface area contributed by atoms with Crippen LogP contribution in [0.4, 0.5) is 17.1 Å². The summed E-state index contributed by atoms with van der Waals surface area (Å²) in [5, 5.41) is 40.8. The van der Waals surface area contributed by atoms with E-state index >= 15 is 0 Å². The second-order valence-corrected chi connectivity index (χ2v) is 10.2. The van der Waals surface area contributed by atoms with E-state index in [1.807, 2.05) is 12.1 Å². The van der Waals surface area contributed by atoms with Gasteiger partial charge in [0.1, 0.15) is 0 Å². The van der Waals surface area contributed by atoms with Gasteiger partial charge in [-0.1, -0.05) is 0 Å². The molecule has 4 rings (SSSR count). The summed E-state index contributed by atoms with van der Waals surface area (Å²) in [6, 6.07) is 11.2. The molecule has 1 amide bonds. The molecule has 46 heavy (non-hydrogen) atoms.